The third kappa shape index (κ3) is 6.09. The summed E-state index contributed by atoms with van der Waals surface area (Å²) in [6, 6.07) is 8.67. The summed E-state index contributed by atoms with van der Waals surface area (Å²) >= 11 is 5.82. The van der Waals surface area contributed by atoms with Crippen molar-refractivity contribution >= 4 is 11.6 Å². The third-order valence-electron chi connectivity index (χ3n) is 3.06. The van der Waals surface area contributed by atoms with E-state index in [9.17, 15) is 0 Å². The van der Waals surface area contributed by atoms with E-state index in [0.29, 0.717) is 0 Å². The maximum Gasteiger partial charge on any atom is 0.0226 e. The van der Waals surface area contributed by atoms with Crippen molar-refractivity contribution in [3.8, 4) is 0 Å². The highest BCUT2D eigenvalue weighted by Crippen LogP contribution is 2.11. The maximum atomic E-state index is 5.82. The fraction of sp³-hybridized carbons (Fsp3) is 0.600. The van der Waals surface area contributed by atoms with Gasteiger partial charge in [0.1, 0.15) is 0 Å². The standard InChI is InChI=1S/C15H24ClN/c1-3-5-14(8-9-16)11-17-12-15-7-4-6-13(2)10-15/h4,6-7,10,14,17H,3,5,8-9,11-12H2,1-2H3. The van der Waals surface area contributed by atoms with Crippen molar-refractivity contribution in [2.45, 2.75) is 39.7 Å². The van der Waals surface area contributed by atoms with Crippen molar-refractivity contribution in [3.05, 3.63) is 35.4 Å². The van der Waals surface area contributed by atoms with Crippen LogP contribution in [0.3, 0.4) is 0 Å². The van der Waals surface area contributed by atoms with E-state index in [2.05, 4.69) is 43.4 Å². The Morgan fingerprint density at radius 1 is 1.29 bits per heavy atom. The fourth-order valence-corrected chi connectivity index (χ4v) is 2.46. The van der Waals surface area contributed by atoms with Crippen molar-refractivity contribution in [1.82, 2.24) is 5.32 Å². The molecule has 0 aliphatic carbocycles. The van der Waals surface area contributed by atoms with E-state index < -0.39 is 0 Å². The molecule has 1 atom stereocenters. The van der Waals surface area contributed by atoms with Crippen LogP contribution in [0.2, 0.25) is 0 Å². The molecule has 0 fully saturated rings. The molecule has 2 heteroatoms. The van der Waals surface area contributed by atoms with Crippen LogP contribution in [0.4, 0.5) is 0 Å². The lowest BCUT2D eigenvalue weighted by atomic mass is 10.0. The summed E-state index contributed by atoms with van der Waals surface area (Å²) in [5.74, 6) is 1.50. The van der Waals surface area contributed by atoms with Crippen LogP contribution in [0.15, 0.2) is 24.3 Å². The van der Waals surface area contributed by atoms with Gasteiger partial charge in [-0.1, -0.05) is 43.2 Å². The molecule has 0 aliphatic heterocycles. The molecule has 1 N–H and O–H groups in total. The van der Waals surface area contributed by atoms with Gasteiger partial charge in [0, 0.05) is 12.4 Å². The predicted octanol–water partition coefficient (Wildman–Crippen LogP) is 4.13. The largest absolute Gasteiger partial charge is 0.312 e. The summed E-state index contributed by atoms with van der Waals surface area (Å²) in [6.45, 7) is 6.41. The number of benzene rings is 1. The number of nitrogens with one attached hydrogen (secondary N) is 1. The number of halogens is 1. The van der Waals surface area contributed by atoms with E-state index in [1.54, 1.807) is 0 Å². The van der Waals surface area contributed by atoms with Crippen LogP contribution in [-0.4, -0.2) is 12.4 Å². The minimum Gasteiger partial charge on any atom is -0.312 e. The average Bonchev–Trinajstić information content (AvgIpc) is 2.30. The Morgan fingerprint density at radius 3 is 2.76 bits per heavy atom. The molecule has 0 amide bonds. The lowest BCUT2D eigenvalue weighted by Crippen LogP contribution is -2.22. The molecule has 0 spiro atoms. The highest BCUT2D eigenvalue weighted by molar-refractivity contribution is 6.17. The van der Waals surface area contributed by atoms with Crippen molar-refractivity contribution in [2.75, 3.05) is 12.4 Å². The molecule has 1 unspecified atom stereocenters. The second-order valence-corrected chi connectivity index (χ2v) is 5.13. The highest BCUT2D eigenvalue weighted by atomic mass is 35.5. The average molecular weight is 254 g/mol. The topological polar surface area (TPSA) is 12.0 Å². The first kappa shape index (κ1) is 14.5. The Labute approximate surface area is 111 Å². The van der Waals surface area contributed by atoms with E-state index >= 15 is 0 Å². The van der Waals surface area contributed by atoms with Crippen LogP contribution in [0.5, 0.6) is 0 Å². The second kappa shape index (κ2) is 8.54. The van der Waals surface area contributed by atoms with Crippen molar-refractivity contribution in [1.29, 1.82) is 0 Å². The zero-order chi connectivity index (χ0) is 12.5. The van der Waals surface area contributed by atoms with E-state index in [1.165, 1.54) is 24.0 Å². The van der Waals surface area contributed by atoms with Crippen molar-refractivity contribution in [3.63, 3.8) is 0 Å². The summed E-state index contributed by atoms with van der Waals surface area (Å²) < 4.78 is 0. The van der Waals surface area contributed by atoms with Crippen LogP contribution >= 0.6 is 11.6 Å². The summed E-state index contributed by atoms with van der Waals surface area (Å²) in [7, 11) is 0. The van der Waals surface area contributed by atoms with Crippen LogP contribution in [0.1, 0.15) is 37.3 Å². The van der Waals surface area contributed by atoms with E-state index in [0.717, 1.165) is 31.3 Å². The van der Waals surface area contributed by atoms with Gasteiger partial charge in [0.15, 0.2) is 0 Å². The third-order valence-corrected chi connectivity index (χ3v) is 3.28. The molecule has 0 aromatic heterocycles. The minimum absolute atomic E-state index is 0.724. The Bertz CT molecular complexity index is 306. The molecule has 1 aromatic rings. The summed E-state index contributed by atoms with van der Waals surface area (Å²) in [5.41, 5.74) is 2.70. The van der Waals surface area contributed by atoms with E-state index in [-0.39, 0.29) is 0 Å². The molecule has 0 aliphatic rings. The molecule has 96 valence electrons. The Hall–Kier alpha value is -0.530. The fourth-order valence-electron chi connectivity index (χ4n) is 2.15. The Balaban J connectivity index is 2.30. The normalized spacial score (nSPS) is 12.6. The van der Waals surface area contributed by atoms with Gasteiger partial charge in [0.2, 0.25) is 0 Å². The first-order valence-electron chi connectivity index (χ1n) is 6.58. The molecule has 0 radical (unpaired) electrons. The first-order chi connectivity index (χ1) is 8.26. The molecular weight excluding hydrogens is 230 g/mol. The van der Waals surface area contributed by atoms with Crippen LogP contribution in [-0.2, 0) is 6.54 Å². The van der Waals surface area contributed by atoms with Gasteiger partial charge in [-0.15, -0.1) is 11.6 Å². The number of aryl methyl sites for hydroxylation is 1. The van der Waals surface area contributed by atoms with E-state index in [1.807, 2.05) is 0 Å². The summed E-state index contributed by atoms with van der Waals surface area (Å²) in [6.07, 6.45) is 3.64. The van der Waals surface area contributed by atoms with Gasteiger partial charge in [-0.2, -0.15) is 0 Å². The molecular formula is C15H24ClN. The molecule has 1 aromatic carbocycles. The van der Waals surface area contributed by atoms with Gasteiger partial charge in [0.25, 0.3) is 0 Å². The Kier molecular flexibility index (Phi) is 7.30. The van der Waals surface area contributed by atoms with Crippen LogP contribution in [0, 0.1) is 12.8 Å². The van der Waals surface area contributed by atoms with Gasteiger partial charge in [-0.25, -0.2) is 0 Å². The second-order valence-electron chi connectivity index (χ2n) is 4.75. The van der Waals surface area contributed by atoms with Crippen LogP contribution < -0.4 is 5.32 Å². The smallest absolute Gasteiger partial charge is 0.0226 e. The highest BCUT2D eigenvalue weighted by Gasteiger charge is 2.06. The zero-order valence-electron chi connectivity index (χ0n) is 11.0. The van der Waals surface area contributed by atoms with E-state index in [4.69, 9.17) is 11.6 Å². The number of rotatable bonds is 8. The molecule has 0 bridgehead atoms. The summed E-state index contributed by atoms with van der Waals surface area (Å²) in [4.78, 5) is 0. The molecule has 1 rings (SSSR count). The van der Waals surface area contributed by atoms with Gasteiger partial charge in [-0.3, -0.25) is 0 Å². The molecule has 1 nitrogen and oxygen atoms in total. The van der Waals surface area contributed by atoms with Gasteiger partial charge < -0.3 is 5.32 Å². The zero-order valence-corrected chi connectivity index (χ0v) is 11.8. The number of hydrogen-bond acceptors (Lipinski definition) is 1. The lowest BCUT2D eigenvalue weighted by Gasteiger charge is -2.15. The Morgan fingerprint density at radius 2 is 2.12 bits per heavy atom. The maximum absolute atomic E-state index is 5.82. The van der Waals surface area contributed by atoms with Gasteiger partial charge >= 0.3 is 0 Å². The first-order valence-corrected chi connectivity index (χ1v) is 7.12. The predicted molar refractivity (Wildman–Crippen MR) is 76.6 cm³/mol. The monoisotopic (exact) mass is 253 g/mol. The molecule has 0 saturated carbocycles. The molecule has 0 heterocycles. The number of alkyl halides is 1. The molecule has 0 saturated heterocycles. The van der Waals surface area contributed by atoms with Crippen LogP contribution in [0.25, 0.3) is 0 Å². The number of hydrogen-bond donors (Lipinski definition) is 1. The van der Waals surface area contributed by atoms with Crippen molar-refractivity contribution in [2.24, 2.45) is 5.92 Å². The van der Waals surface area contributed by atoms with Gasteiger partial charge in [0.05, 0.1) is 0 Å². The SMILES string of the molecule is CCCC(CCCl)CNCc1cccc(C)c1. The minimum atomic E-state index is 0.724. The quantitative estimate of drug-likeness (QED) is 0.687. The lowest BCUT2D eigenvalue weighted by molar-refractivity contribution is 0.430. The van der Waals surface area contributed by atoms with Gasteiger partial charge in [-0.05, 0) is 37.8 Å². The molecule has 17 heavy (non-hydrogen) atoms. The van der Waals surface area contributed by atoms with Crippen molar-refractivity contribution < 1.29 is 0 Å². The summed E-state index contributed by atoms with van der Waals surface area (Å²) in [5, 5.41) is 3.54.